The molecule has 6 heteroatoms. The molecule has 3 rings (SSSR count). The maximum atomic E-state index is 12.6. The van der Waals surface area contributed by atoms with Crippen LogP contribution in [0.5, 0.6) is 0 Å². The average Bonchev–Trinajstić information content (AvgIpc) is 2.47. The summed E-state index contributed by atoms with van der Waals surface area (Å²) in [5, 5.41) is 4.14. The highest BCUT2D eigenvalue weighted by Crippen LogP contribution is 2.25. The van der Waals surface area contributed by atoms with Gasteiger partial charge in [0.25, 0.3) is 5.91 Å². The van der Waals surface area contributed by atoms with Gasteiger partial charge >= 0.3 is 0 Å². The zero-order chi connectivity index (χ0) is 15.0. The predicted molar refractivity (Wildman–Crippen MR) is 80.4 cm³/mol. The number of halogens is 1. The van der Waals surface area contributed by atoms with Gasteiger partial charge in [-0.3, -0.25) is 14.6 Å². The SMILES string of the molecule is Cc1cc2c(Cl)ccnc2cc1C(=O)N1CCNC(=O)C1. The fourth-order valence-corrected chi connectivity index (χ4v) is 2.69. The van der Waals surface area contributed by atoms with Crippen molar-refractivity contribution in [1.29, 1.82) is 0 Å². The molecule has 2 aromatic rings. The minimum Gasteiger partial charge on any atom is -0.353 e. The first-order valence-corrected chi connectivity index (χ1v) is 7.05. The number of hydrogen-bond donors (Lipinski definition) is 1. The Kier molecular flexibility index (Phi) is 3.51. The van der Waals surface area contributed by atoms with Gasteiger partial charge in [-0.05, 0) is 30.7 Å². The van der Waals surface area contributed by atoms with Crippen LogP contribution in [0, 0.1) is 6.92 Å². The van der Waals surface area contributed by atoms with E-state index in [0.717, 1.165) is 10.9 Å². The molecule has 108 valence electrons. The number of pyridine rings is 1. The topological polar surface area (TPSA) is 62.3 Å². The van der Waals surface area contributed by atoms with Crippen LogP contribution in [0.2, 0.25) is 5.02 Å². The highest BCUT2D eigenvalue weighted by atomic mass is 35.5. The number of nitrogens with one attached hydrogen (secondary N) is 1. The van der Waals surface area contributed by atoms with E-state index >= 15 is 0 Å². The highest BCUT2D eigenvalue weighted by Gasteiger charge is 2.23. The molecule has 1 aromatic heterocycles. The molecule has 0 atom stereocenters. The summed E-state index contributed by atoms with van der Waals surface area (Å²) in [6.45, 7) is 2.96. The number of aryl methyl sites for hydroxylation is 1. The monoisotopic (exact) mass is 303 g/mol. The third-order valence-corrected chi connectivity index (χ3v) is 3.92. The second kappa shape index (κ2) is 5.33. The molecule has 5 nitrogen and oxygen atoms in total. The van der Waals surface area contributed by atoms with Crippen LogP contribution in [0.4, 0.5) is 0 Å². The summed E-state index contributed by atoms with van der Waals surface area (Å²) in [5.41, 5.74) is 2.07. The van der Waals surface area contributed by atoms with Gasteiger partial charge in [0, 0.05) is 30.2 Å². The zero-order valence-corrected chi connectivity index (χ0v) is 12.3. The molecule has 2 amide bonds. The lowest BCUT2D eigenvalue weighted by atomic mass is 10.0. The van der Waals surface area contributed by atoms with E-state index in [2.05, 4.69) is 10.3 Å². The molecule has 1 N–H and O–H groups in total. The van der Waals surface area contributed by atoms with Crippen LogP contribution in [0.25, 0.3) is 10.9 Å². The predicted octanol–water partition coefficient (Wildman–Crippen LogP) is 1.77. The van der Waals surface area contributed by atoms with Gasteiger partial charge in [-0.2, -0.15) is 0 Å². The molecule has 0 aliphatic carbocycles. The molecule has 0 spiro atoms. The molecule has 0 saturated carbocycles. The molecule has 0 radical (unpaired) electrons. The summed E-state index contributed by atoms with van der Waals surface area (Å²) in [5.74, 6) is -0.278. The summed E-state index contributed by atoms with van der Waals surface area (Å²) >= 11 is 6.14. The standard InChI is InChI=1S/C15H14ClN3O2/c1-9-6-11-12(16)2-3-17-13(11)7-10(9)15(21)19-5-4-18-14(20)8-19/h2-3,6-7H,4-5,8H2,1H3,(H,18,20). The van der Waals surface area contributed by atoms with E-state index in [-0.39, 0.29) is 18.4 Å². The normalized spacial score (nSPS) is 15.1. The third-order valence-electron chi connectivity index (χ3n) is 3.59. The average molecular weight is 304 g/mol. The van der Waals surface area contributed by atoms with Crippen molar-refractivity contribution >= 4 is 34.3 Å². The number of hydrogen-bond acceptors (Lipinski definition) is 3. The molecule has 1 saturated heterocycles. The van der Waals surface area contributed by atoms with Gasteiger partial charge in [-0.1, -0.05) is 11.6 Å². The van der Waals surface area contributed by atoms with Gasteiger partial charge in [0.2, 0.25) is 5.91 Å². The second-order valence-electron chi connectivity index (χ2n) is 5.05. The molecule has 1 aromatic carbocycles. The fraction of sp³-hybridized carbons (Fsp3) is 0.267. The quantitative estimate of drug-likeness (QED) is 0.873. The molecule has 0 bridgehead atoms. The molecule has 1 aliphatic rings. The van der Waals surface area contributed by atoms with Gasteiger partial charge < -0.3 is 10.2 Å². The molecular formula is C15H14ClN3O2. The summed E-state index contributed by atoms with van der Waals surface area (Å²) in [4.78, 5) is 29.8. The third kappa shape index (κ3) is 2.56. The Balaban J connectivity index is 2.01. The molecule has 0 unspecified atom stereocenters. The number of rotatable bonds is 1. The van der Waals surface area contributed by atoms with Gasteiger partial charge in [0.15, 0.2) is 0 Å². The molecular weight excluding hydrogens is 290 g/mol. The number of nitrogens with zero attached hydrogens (tertiary/aromatic N) is 2. The number of fused-ring (bicyclic) bond motifs is 1. The first kappa shape index (κ1) is 13.8. The van der Waals surface area contributed by atoms with Crippen molar-refractivity contribution < 1.29 is 9.59 Å². The molecule has 2 heterocycles. The van der Waals surface area contributed by atoms with Crippen LogP contribution < -0.4 is 5.32 Å². The Morgan fingerprint density at radius 2 is 2.24 bits per heavy atom. The van der Waals surface area contributed by atoms with Crippen LogP contribution in [0.3, 0.4) is 0 Å². The summed E-state index contributed by atoms with van der Waals surface area (Å²) in [7, 11) is 0. The van der Waals surface area contributed by atoms with Crippen molar-refractivity contribution in [1.82, 2.24) is 15.2 Å². The smallest absolute Gasteiger partial charge is 0.254 e. The van der Waals surface area contributed by atoms with E-state index in [4.69, 9.17) is 11.6 Å². The van der Waals surface area contributed by atoms with Gasteiger partial charge in [-0.15, -0.1) is 0 Å². The van der Waals surface area contributed by atoms with Gasteiger partial charge in [0.1, 0.15) is 0 Å². The molecule has 1 fully saturated rings. The number of piperazine rings is 1. The lowest BCUT2D eigenvalue weighted by molar-refractivity contribution is -0.123. The van der Waals surface area contributed by atoms with Crippen LogP contribution >= 0.6 is 11.6 Å². The number of aromatic nitrogens is 1. The number of amides is 2. The maximum absolute atomic E-state index is 12.6. The zero-order valence-electron chi connectivity index (χ0n) is 11.5. The van der Waals surface area contributed by atoms with Crippen molar-refractivity contribution in [2.45, 2.75) is 6.92 Å². The van der Waals surface area contributed by atoms with E-state index in [1.54, 1.807) is 23.2 Å². The van der Waals surface area contributed by atoms with Crippen molar-refractivity contribution in [3.05, 3.63) is 40.5 Å². The first-order chi connectivity index (χ1) is 10.1. The number of carbonyl (C=O) groups excluding carboxylic acids is 2. The maximum Gasteiger partial charge on any atom is 0.254 e. The summed E-state index contributed by atoms with van der Waals surface area (Å²) < 4.78 is 0. The van der Waals surface area contributed by atoms with E-state index in [1.165, 1.54) is 0 Å². The highest BCUT2D eigenvalue weighted by molar-refractivity contribution is 6.35. The minimum absolute atomic E-state index is 0.0965. The van der Waals surface area contributed by atoms with Crippen LogP contribution in [-0.2, 0) is 4.79 Å². The Bertz CT molecular complexity index is 745. The van der Waals surface area contributed by atoms with E-state index < -0.39 is 0 Å². The van der Waals surface area contributed by atoms with E-state index in [9.17, 15) is 9.59 Å². The van der Waals surface area contributed by atoms with E-state index in [0.29, 0.717) is 29.2 Å². The summed E-state index contributed by atoms with van der Waals surface area (Å²) in [6, 6.07) is 5.33. The largest absolute Gasteiger partial charge is 0.353 e. The Labute approximate surface area is 126 Å². The van der Waals surface area contributed by atoms with Gasteiger partial charge in [-0.25, -0.2) is 0 Å². The van der Waals surface area contributed by atoms with Crippen molar-refractivity contribution in [2.24, 2.45) is 0 Å². The van der Waals surface area contributed by atoms with Crippen LogP contribution in [-0.4, -0.2) is 41.3 Å². The van der Waals surface area contributed by atoms with Crippen molar-refractivity contribution in [3.63, 3.8) is 0 Å². The van der Waals surface area contributed by atoms with Crippen molar-refractivity contribution in [2.75, 3.05) is 19.6 Å². The lowest BCUT2D eigenvalue weighted by Crippen LogP contribution is -2.50. The van der Waals surface area contributed by atoms with E-state index in [1.807, 2.05) is 13.0 Å². The minimum atomic E-state index is -0.147. The Hall–Kier alpha value is -2.14. The fourth-order valence-electron chi connectivity index (χ4n) is 2.48. The molecule has 21 heavy (non-hydrogen) atoms. The number of carbonyl (C=O) groups is 2. The summed E-state index contributed by atoms with van der Waals surface area (Å²) in [6.07, 6.45) is 1.61. The van der Waals surface area contributed by atoms with Crippen molar-refractivity contribution in [3.8, 4) is 0 Å². The Morgan fingerprint density at radius 1 is 1.43 bits per heavy atom. The Morgan fingerprint density at radius 3 is 3.00 bits per heavy atom. The molecule has 1 aliphatic heterocycles. The number of benzene rings is 1. The first-order valence-electron chi connectivity index (χ1n) is 6.67. The van der Waals surface area contributed by atoms with Gasteiger partial charge in [0.05, 0.1) is 17.1 Å². The van der Waals surface area contributed by atoms with Crippen LogP contribution in [0.15, 0.2) is 24.4 Å². The lowest BCUT2D eigenvalue weighted by Gasteiger charge is -2.27. The second-order valence-corrected chi connectivity index (χ2v) is 5.46. The van der Waals surface area contributed by atoms with Crippen LogP contribution in [0.1, 0.15) is 15.9 Å².